The molecule has 3 heteroatoms. The Morgan fingerprint density at radius 2 is 1.75 bits per heavy atom. The molecule has 0 heterocycles. The molecule has 0 radical (unpaired) electrons. The summed E-state index contributed by atoms with van der Waals surface area (Å²) in [4.78, 5) is 12.9. The molecule has 1 aliphatic carbocycles. The van der Waals surface area contributed by atoms with Crippen LogP contribution in [-0.4, -0.2) is 18.2 Å². The van der Waals surface area contributed by atoms with Crippen LogP contribution >= 0.6 is 0 Å². The van der Waals surface area contributed by atoms with Gasteiger partial charge in [-0.3, -0.25) is 0 Å². The quantitative estimate of drug-likeness (QED) is 0.675. The molecule has 0 amide bonds. The van der Waals surface area contributed by atoms with E-state index in [-0.39, 0.29) is 18.2 Å². The molecule has 0 saturated heterocycles. The summed E-state index contributed by atoms with van der Waals surface area (Å²) in [5, 5.41) is 0. The first kappa shape index (κ1) is 19.0. The first-order chi connectivity index (χ1) is 11.4. The first-order valence-electron chi connectivity index (χ1n) is 9.29. The smallest absolute Gasteiger partial charge is 0.340 e. The van der Waals surface area contributed by atoms with Gasteiger partial charge in [-0.05, 0) is 50.0 Å². The number of carbonyl (C=O) groups excluding carboxylic acids is 1. The molecule has 0 bridgehead atoms. The largest absolute Gasteiger partial charge is 0.460 e. The SMILES string of the molecule is CC(C)O[C@H](C(=O)O[C@@H]1C[C@H](C)CC[C@H]1C(C)C)c1ccccc1. The second kappa shape index (κ2) is 8.66. The second-order valence-electron chi connectivity index (χ2n) is 7.78. The van der Waals surface area contributed by atoms with Crippen LogP contribution in [0.15, 0.2) is 30.3 Å². The molecule has 1 aromatic rings. The van der Waals surface area contributed by atoms with Gasteiger partial charge in [-0.1, -0.05) is 57.5 Å². The third-order valence-electron chi connectivity index (χ3n) is 4.95. The van der Waals surface area contributed by atoms with E-state index in [2.05, 4.69) is 20.8 Å². The van der Waals surface area contributed by atoms with Crippen LogP contribution in [0.25, 0.3) is 0 Å². The Morgan fingerprint density at radius 1 is 1.08 bits per heavy atom. The molecule has 4 atom stereocenters. The van der Waals surface area contributed by atoms with Crippen LogP contribution in [-0.2, 0) is 14.3 Å². The van der Waals surface area contributed by atoms with Gasteiger partial charge in [0.1, 0.15) is 6.10 Å². The fourth-order valence-corrected chi connectivity index (χ4v) is 3.63. The lowest BCUT2D eigenvalue weighted by molar-refractivity contribution is -0.172. The number of hydrogen-bond acceptors (Lipinski definition) is 3. The third kappa shape index (κ3) is 5.07. The van der Waals surface area contributed by atoms with Crippen LogP contribution < -0.4 is 0 Å². The Balaban J connectivity index is 2.13. The Labute approximate surface area is 146 Å². The van der Waals surface area contributed by atoms with Crippen LogP contribution in [0.1, 0.15) is 65.5 Å². The molecule has 0 aromatic heterocycles. The zero-order valence-electron chi connectivity index (χ0n) is 15.7. The van der Waals surface area contributed by atoms with Gasteiger partial charge in [0.2, 0.25) is 0 Å². The Hall–Kier alpha value is -1.35. The number of benzene rings is 1. The van der Waals surface area contributed by atoms with Gasteiger partial charge in [0.05, 0.1) is 6.10 Å². The molecule has 1 fully saturated rings. The molecule has 24 heavy (non-hydrogen) atoms. The Bertz CT molecular complexity index is 509. The average molecular weight is 332 g/mol. The van der Waals surface area contributed by atoms with Gasteiger partial charge in [-0.15, -0.1) is 0 Å². The van der Waals surface area contributed by atoms with Crippen molar-refractivity contribution in [1.82, 2.24) is 0 Å². The molecular formula is C21H32O3. The van der Waals surface area contributed by atoms with Crippen molar-refractivity contribution in [2.45, 2.75) is 72.2 Å². The van der Waals surface area contributed by atoms with E-state index in [0.29, 0.717) is 17.8 Å². The molecule has 3 nitrogen and oxygen atoms in total. The van der Waals surface area contributed by atoms with E-state index < -0.39 is 6.10 Å². The van der Waals surface area contributed by atoms with Crippen LogP contribution in [0, 0.1) is 17.8 Å². The average Bonchev–Trinajstić information content (AvgIpc) is 2.53. The van der Waals surface area contributed by atoms with E-state index >= 15 is 0 Å². The van der Waals surface area contributed by atoms with E-state index in [4.69, 9.17) is 9.47 Å². The Morgan fingerprint density at radius 3 is 2.33 bits per heavy atom. The van der Waals surface area contributed by atoms with Gasteiger partial charge >= 0.3 is 5.97 Å². The lowest BCUT2D eigenvalue weighted by atomic mass is 9.75. The monoisotopic (exact) mass is 332 g/mol. The summed E-state index contributed by atoms with van der Waals surface area (Å²) in [6, 6.07) is 9.66. The minimum Gasteiger partial charge on any atom is -0.460 e. The summed E-state index contributed by atoms with van der Waals surface area (Å²) in [7, 11) is 0. The highest BCUT2D eigenvalue weighted by Crippen LogP contribution is 2.36. The molecule has 1 aliphatic rings. The van der Waals surface area contributed by atoms with Gasteiger partial charge < -0.3 is 9.47 Å². The number of ether oxygens (including phenoxy) is 2. The van der Waals surface area contributed by atoms with Gasteiger partial charge in [0, 0.05) is 0 Å². The molecule has 0 aliphatic heterocycles. The van der Waals surface area contributed by atoms with Crippen molar-refractivity contribution < 1.29 is 14.3 Å². The first-order valence-corrected chi connectivity index (χ1v) is 9.29. The summed E-state index contributed by atoms with van der Waals surface area (Å²) in [5.74, 6) is 1.33. The van der Waals surface area contributed by atoms with Crippen molar-refractivity contribution in [3.05, 3.63) is 35.9 Å². The highest BCUT2D eigenvalue weighted by Gasteiger charge is 2.35. The normalized spacial score (nSPS) is 25.7. The van der Waals surface area contributed by atoms with E-state index in [1.807, 2.05) is 44.2 Å². The lowest BCUT2D eigenvalue weighted by Crippen LogP contribution is -2.37. The molecule has 0 spiro atoms. The fourth-order valence-electron chi connectivity index (χ4n) is 3.63. The maximum absolute atomic E-state index is 12.9. The van der Waals surface area contributed by atoms with E-state index in [1.165, 1.54) is 6.42 Å². The second-order valence-corrected chi connectivity index (χ2v) is 7.78. The maximum Gasteiger partial charge on any atom is 0.340 e. The summed E-state index contributed by atoms with van der Waals surface area (Å²) < 4.78 is 11.9. The summed E-state index contributed by atoms with van der Waals surface area (Å²) in [6.45, 7) is 10.6. The van der Waals surface area contributed by atoms with Gasteiger partial charge in [0.15, 0.2) is 6.10 Å². The van der Waals surface area contributed by atoms with E-state index in [1.54, 1.807) is 0 Å². The molecule has 134 valence electrons. The van der Waals surface area contributed by atoms with Crippen LogP contribution in [0.5, 0.6) is 0 Å². The predicted molar refractivity (Wildman–Crippen MR) is 96.6 cm³/mol. The molecule has 1 aromatic carbocycles. The van der Waals surface area contributed by atoms with Gasteiger partial charge in [-0.25, -0.2) is 4.79 Å². The van der Waals surface area contributed by atoms with Crippen LogP contribution in [0.4, 0.5) is 0 Å². The highest BCUT2D eigenvalue weighted by molar-refractivity contribution is 5.76. The summed E-state index contributed by atoms with van der Waals surface area (Å²) in [5.41, 5.74) is 0.862. The minimum atomic E-state index is -0.642. The number of hydrogen-bond donors (Lipinski definition) is 0. The number of rotatable bonds is 6. The molecular weight excluding hydrogens is 300 g/mol. The molecule has 2 rings (SSSR count). The highest BCUT2D eigenvalue weighted by atomic mass is 16.6. The lowest BCUT2D eigenvalue weighted by Gasteiger charge is -2.37. The number of esters is 1. The van der Waals surface area contributed by atoms with Crippen molar-refractivity contribution in [3.63, 3.8) is 0 Å². The van der Waals surface area contributed by atoms with Crippen molar-refractivity contribution in [3.8, 4) is 0 Å². The van der Waals surface area contributed by atoms with E-state index in [9.17, 15) is 4.79 Å². The zero-order chi connectivity index (χ0) is 17.7. The van der Waals surface area contributed by atoms with Crippen molar-refractivity contribution in [2.75, 3.05) is 0 Å². The zero-order valence-corrected chi connectivity index (χ0v) is 15.7. The maximum atomic E-state index is 12.9. The third-order valence-corrected chi connectivity index (χ3v) is 4.95. The van der Waals surface area contributed by atoms with Crippen molar-refractivity contribution in [1.29, 1.82) is 0 Å². The minimum absolute atomic E-state index is 0.00299. The standard InChI is InChI=1S/C21H32O3/c1-14(2)18-12-11-16(5)13-19(18)24-21(22)20(23-15(3)4)17-9-7-6-8-10-17/h6-10,14-16,18-20H,11-13H2,1-5H3/t16-,18+,19-,20+/m1/s1. The summed E-state index contributed by atoms with van der Waals surface area (Å²) >= 11 is 0. The van der Waals surface area contributed by atoms with Crippen LogP contribution in [0.2, 0.25) is 0 Å². The summed E-state index contributed by atoms with van der Waals surface area (Å²) in [6.07, 6.45) is 2.64. The molecule has 0 unspecified atom stereocenters. The van der Waals surface area contributed by atoms with Crippen LogP contribution in [0.3, 0.4) is 0 Å². The van der Waals surface area contributed by atoms with Crippen molar-refractivity contribution >= 4 is 5.97 Å². The topological polar surface area (TPSA) is 35.5 Å². The van der Waals surface area contributed by atoms with E-state index in [0.717, 1.165) is 18.4 Å². The Kier molecular flexibility index (Phi) is 6.85. The molecule has 0 N–H and O–H groups in total. The van der Waals surface area contributed by atoms with Gasteiger partial charge in [0.25, 0.3) is 0 Å². The number of carbonyl (C=O) groups is 1. The van der Waals surface area contributed by atoms with Gasteiger partial charge in [-0.2, -0.15) is 0 Å². The van der Waals surface area contributed by atoms with Crippen molar-refractivity contribution in [2.24, 2.45) is 17.8 Å². The predicted octanol–water partition coefficient (Wildman–Crippen LogP) is 5.16. The fraction of sp³-hybridized carbons (Fsp3) is 0.667. The molecule has 1 saturated carbocycles.